The topological polar surface area (TPSA) is 19.9 Å². The van der Waals surface area contributed by atoms with E-state index in [9.17, 15) is 0 Å². The average Bonchev–Trinajstić information content (AvgIpc) is 3.24. The van der Waals surface area contributed by atoms with Crippen molar-refractivity contribution in [3.63, 3.8) is 0 Å². The van der Waals surface area contributed by atoms with E-state index in [4.69, 9.17) is 4.65 Å². The van der Waals surface area contributed by atoms with Crippen LogP contribution in [0, 0.1) is 6.65 Å². The summed E-state index contributed by atoms with van der Waals surface area (Å²) in [5, 5.41) is 10.1. The third kappa shape index (κ3) is 12.6. The van der Waals surface area contributed by atoms with Gasteiger partial charge in [0.2, 0.25) is 0 Å². The van der Waals surface area contributed by atoms with Crippen LogP contribution in [0.1, 0.15) is 0 Å². The molecule has 7 rings (SSSR count). The summed E-state index contributed by atoms with van der Waals surface area (Å²) in [6.07, 6.45) is 2.41. The first-order valence-electron chi connectivity index (χ1n) is 16.4. The Morgan fingerprint density at radius 3 is 0.647 bits per heavy atom. The molecular formula is C45H39ClOP3Ru. The van der Waals surface area contributed by atoms with E-state index >= 15 is 0 Å². The summed E-state index contributed by atoms with van der Waals surface area (Å²) in [5.74, 6) is 0. The van der Waals surface area contributed by atoms with Crippen LogP contribution < -0.4 is 37.1 Å². The maximum atomic E-state index is 7.50. The van der Waals surface area contributed by atoms with Gasteiger partial charge in [0.05, 0.1) is 0 Å². The van der Waals surface area contributed by atoms with Crippen LogP contribution in [0.2, 0.25) is 0 Å². The van der Waals surface area contributed by atoms with Crippen molar-refractivity contribution in [2.45, 2.75) is 0 Å². The van der Waals surface area contributed by atoms with Gasteiger partial charge in [-0.15, -0.1) is 0 Å². The molecule has 0 radical (unpaired) electrons. The normalized spacial score (nSPS) is 10.2. The van der Waals surface area contributed by atoms with Crippen LogP contribution in [0.25, 0.3) is 0 Å². The first kappa shape index (κ1) is 40.3. The number of hydrogen-bond donors (Lipinski definition) is 0. The van der Waals surface area contributed by atoms with Crippen molar-refractivity contribution < 1.29 is 22.0 Å². The Bertz CT molecular complexity index is 1660. The molecule has 0 amide bonds. The summed E-state index contributed by atoms with van der Waals surface area (Å²) in [7, 11) is 3.43. The molecule has 0 atom stereocenters. The van der Waals surface area contributed by atoms with E-state index < -0.39 is 7.92 Å². The molecule has 0 aliphatic heterocycles. The Morgan fingerprint density at radius 1 is 0.314 bits per heavy atom. The fourth-order valence-electron chi connectivity index (χ4n) is 5.62. The van der Waals surface area contributed by atoms with Gasteiger partial charge in [-0.25, -0.2) is 0 Å². The van der Waals surface area contributed by atoms with Gasteiger partial charge in [0.1, 0.15) is 0 Å². The molecule has 0 spiro atoms. The van der Waals surface area contributed by atoms with E-state index in [2.05, 4.69) is 229 Å². The Hall–Kier alpha value is -3.52. The second-order valence-electron chi connectivity index (χ2n) is 11.0. The molecule has 255 valence electrons. The van der Waals surface area contributed by atoms with Crippen molar-refractivity contribution in [1.29, 1.82) is 0 Å². The van der Waals surface area contributed by atoms with Crippen molar-refractivity contribution in [2.75, 3.05) is 12.3 Å². The third-order valence-electron chi connectivity index (χ3n) is 7.86. The second kappa shape index (κ2) is 23.9. The van der Waals surface area contributed by atoms with Gasteiger partial charge in [0.15, 0.2) is 0 Å². The first-order valence-corrected chi connectivity index (χ1v) is 23.0. The molecule has 1 nitrogen and oxygen atoms in total. The summed E-state index contributed by atoms with van der Waals surface area (Å²) >= 11 is 1.82. The van der Waals surface area contributed by atoms with Gasteiger partial charge in [-0.05, 0) is 73.2 Å². The van der Waals surface area contributed by atoms with Gasteiger partial charge < -0.3 is 0 Å². The molecule has 0 aliphatic rings. The van der Waals surface area contributed by atoms with E-state index in [1.807, 2.05) is 17.3 Å². The van der Waals surface area contributed by atoms with Crippen LogP contribution in [0.3, 0.4) is 0 Å². The quantitative estimate of drug-likeness (QED) is 0.0568. The summed E-state index contributed by atoms with van der Waals surface area (Å²) in [6, 6.07) is 76.5. The van der Waals surface area contributed by atoms with E-state index in [0.717, 1.165) is 0 Å². The Kier molecular flexibility index (Phi) is 18.8. The van der Waals surface area contributed by atoms with Crippen molar-refractivity contribution in [2.24, 2.45) is 0 Å². The van der Waals surface area contributed by atoms with Crippen LogP contribution in [-0.2, 0) is 22.0 Å². The summed E-state index contributed by atoms with van der Waals surface area (Å²) in [6.45, 7) is 4.50. The molecule has 0 unspecified atom stereocenters. The summed E-state index contributed by atoms with van der Waals surface area (Å²) in [5.41, 5.74) is 0. The number of rotatable bonds is 10. The number of benzene rings is 7. The first-order chi connectivity index (χ1) is 25.4. The minimum atomic E-state index is -0.446. The molecule has 0 saturated carbocycles. The summed E-state index contributed by atoms with van der Waals surface area (Å²) < 4.78 is 7.50. The van der Waals surface area contributed by atoms with Gasteiger partial charge >= 0.3 is 38.3 Å². The number of hydrogen-bond acceptors (Lipinski definition) is 0. The molecule has 7 aromatic carbocycles. The molecule has 0 fully saturated rings. The van der Waals surface area contributed by atoms with Crippen molar-refractivity contribution in [3.05, 3.63) is 219 Å². The average molecular weight is 825 g/mol. The Labute approximate surface area is 321 Å². The monoisotopic (exact) mass is 825 g/mol. The standard InChI is InChI=1S/C26H24P2.C18H15P.CO.ClH.Ru/c1-5-13-23(14-6-1)27(24-15-7-2-8-16-24)21-22-28(25-17-9-3-10-18-25)26-19-11-4-12-20-26;1-4-10-16(11-5-1)19(17-12-6-2-7-13-17)18-14-8-3-9-15-18;1-2;;/h1-20H,21-22H2;1-15H;;1H;/q;;;;+1/p-1. The molecule has 0 aromatic heterocycles. The second-order valence-corrected chi connectivity index (χ2v) is 17.9. The van der Waals surface area contributed by atoms with Crippen LogP contribution in [0.4, 0.5) is 0 Å². The van der Waals surface area contributed by atoms with E-state index in [0.29, 0.717) is 0 Å². The zero-order chi connectivity index (χ0) is 35.9. The third-order valence-corrected chi connectivity index (χ3v) is 15.7. The van der Waals surface area contributed by atoms with Crippen molar-refractivity contribution >= 4 is 70.6 Å². The molecule has 0 heterocycles. The molecular weight excluding hydrogens is 786 g/mol. The zero-order valence-electron chi connectivity index (χ0n) is 28.1. The van der Waals surface area contributed by atoms with Gasteiger partial charge in [-0.3, -0.25) is 0 Å². The van der Waals surface area contributed by atoms with Gasteiger partial charge in [-0.2, -0.15) is 0 Å². The molecule has 0 saturated heterocycles. The maximum absolute atomic E-state index is 7.50. The van der Waals surface area contributed by atoms with Gasteiger partial charge in [0.25, 0.3) is 0 Å². The molecule has 0 aliphatic carbocycles. The van der Waals surface area contributed by atoms with Gasteiger partial charge in [0, 0.05) is 0 Å². The Morgan fingerprint density at radius 2 is 0.471 bits per heavy atom. The molecule has 0 N–H and O–H groups in total. The fraction of sp³-hybridized carbons (Fsp3) is 0.0444. The number of halogens is 1. The van der Waals surface area contributed by atoms with Crippen LogP contribution >= 0.6 is 33.5 Å². The maximum Gasteiger partial charge on any atom is -0.0134 e. The Balaban J connectivity index is 0.000000221. The minimum Gasteiger partial charge on any atom is -0.0622 e. The molecule has 51 heavy (non-hydrogen) atoms. The van der Waals surface area contributed by atoms with Gasteiger partial charge in [-0.1, -0.05) is 212 Å². The molecule has 0 bridgehead atoms. The van der Waals surface area contributed by atoms with E-state index in [-0.39, 0.29) is 15.8 Å². The largest absolute Gasteiger partial charge is 0.0622 e. The van der Waals surface area contributed by atoms with E-state index in [1.54, 1.807) is 0 Å². The predicted octanol–water partition coefficient (Wildman–Crippen LogP) is 9.35. The minimum absolute atomic E-state index is 0.348. The van der Waals surface area contributed by atoms with Crippen molar-refractivity contribution in [1.82, 2.24) is 0 Å². The molecule has 6 heteroatoms. The predicted molar refractivity (Wildman–Crippen MR) is 223 cm³/mol. The fourth-order valence-corrected chi connectivity index (χ4v) is 13.3. The van der Waals surface area contributed by atoms with Crippen LogP contribution in [0.5, 0.6) is 0 Å². The smallest absolute Gasteiger partial charge is 0.0134 e. The van der Waals surface area contributed by atoms with E-state index in [1.165, 1.54) is 49.5 Å². The summed E-state index contributed by atoms with van der Waals surface area (Å²) in [4.78, 5) is 0. The van der Waals surface area contributed by atoms with Crippen LogP contribution in [0.15, 0.2) is 212 Å². The zero-order valence-corrected chi connectivity index (χ0v) is 33.3. The van der Waals surface area contributed by atoms with Crippen molar-refractivity contribution in [3.8, 4) is 0 Å². The molecule has 7 aromatic rings. The SMILES string of the molecule is [C-]#[O+].[Cl][Ru].c1ccc(P(CCP(c2ccccc2)c2ccccc2)c2ccccc2)cc1.c1ccc(P(c2ccccc2)c2ccccc2)cc1. The van der Waals surface area contributed by atoms with Crippen LogP contribution in [-0.4, -0.2) is 12.3 Å².